The van der Waals surface area contributed by atoms with E-state index in [1.807, 2.05) is 43.3 Å². The molecule has 3 aromatic rings. The number of carbonyl (C=O) groups excluding carboxylic acids is 1. The molecule has 1 aromatic heterocycles. The number of amides is 1. The van der Waals surface area contributed by atoms with Gasteiger partial charge in [0.2, 0.25) is 5.95 Å². The van der Waals surface area contributed by atoms with Crippen molar-refractivity contribution in [2.45, 2.75) is 13.3 Å². The predicted molar refractivity (Wildman–Crippen MR) is 132 cm³/mol. The summed E-state index contributed by atoms with van der Waals surface area (Å²) in [5.74, 6) is 0.423. The lowest BCUT2D eigenvalue weighted by Gasteiger charge is -2.26. The van der Waals surface area contributed by atoms with Crippen LogP contribution in [0.1, 0.15) is 23.7 Å². The number of ether oxygens (including phenoxy) is 1. The number of hydrogen-bond acceptors (Lipinski definition) is 6. The largest absolute Gasteiger partial charge is 0.378 e. The van der Waals surface area contributed by atoms with Crippen LogP contribution in [-0.2, 0) is 4.74 Å². The minimum Gasteiger partial charge on any atom is -0.378 e. The molecule has 0 unspecified atom stereocenters. The number of aromatic nitrogens is 2. The molecule has 2 N–H and O–H groups in total. The molecule has 170 valence electrons. The van der Waals surface area contributed by atoms with Gasteiger partial charge in [-0.1, -0.05) is 37.2 Å². The van der Waals surface area contributed by atoms with Gasteiger partial charge in [0.05, 0.1) is 30.1 Å². The Bertz CT molecular complexity index is 1140. The van der Waals surface area contributed by atoms with Crippen molar-refractivity contribution in [3.63, 3.8) is 0 Å². The third-order valence-electron chi connectivity index (χ3n) is 5.31. The number of carbonyl (C=O) groups is 1. The topological polar surface area (TPSA) is 79.4 Å². The molecule has 2 aromatic carbocycles. The Morgan fingerprint density at radius 1 is 1.15 bits per heavy atom. The molecule has 33 heavy (non-hydrogen) atoms. The molecule has 0 bridgehead atoms. The van der Waals surface area contributed by atoms with E-state index in [2.05, 4.69) is 27.2 Å². The van der Waals surface area contributed by atoms with E-state index in [1.54, 1.807) is 23.2 Å². The van der Waals surface area contributed by atoms with Crippen LogP contribution in [0.15, 0.2) is 67.0 Å². The van der Waals surface area contributed by atoms with Crippen LogP contribution in [0, 0.1) is 0 Å². The van der Waals surface area contributed by atoms with Crippen molar-refractivity contribution in [3.8, 4) is 11.3 Å². The predicted octanol–water partition coefficient (Wildman–Crippen LogP) is 5.35. The number of rotatable bonds is 7. The van der Waals surface area contributed by atoms with Gasteiger partial charge in [0.1, 0.15) is 0 Å². The zero-order valence-corrected chi connectivity index (χ0v) is 19.2. The molecule has 1 amide bonds. The molecule has 4 rings (SSSR count). The highest BCUT2D eigenvalue weighted by Gasteiger charge is 2.18. The maximum Gasteiger partial charge on any atom is 0.254 e. The Kier molecular flexibility index (Phi) is 7.22. The monoisotopic (exact) mass is 463 g/mol. The summed E-state index contributed by atoms with van der Waals surface area (Å²) in [6, 6.07) is 15.1. The summed E-state index contributed by atoms with van der Waals surface area (Å²) in [6.45, 7) is 8.42. The molecule has 1 aliphatic rings. The molecule has 0 atom stereocenters. The Hall–Kier alpha value is -3.42. The lowest BCUT2D eigenvalue weighted by Crippen LogP contribution is -2.40. The highest BCUT2D eigenvalue weighted by molar-refractivity contribution is 6.32. The van der Waals surface area contributed by atoms with E-state index >= 15 is 0 Å². The van der Waals surface area contributed by atoms with Crippen molar-refractivity contribution in [1.29, 1.82) is 0 Å². The van der Waals surface area contributed by atoms with Gasteiger partial charge in [-0.05, 0) is 42.8 Å². The van der Waals surface area contributed by atoms with Crippen molar-refractivity contribution in [2.75, 3.05) is 36.9 Å². The summed E-state index contributed by atoms with van der Waals surface area (Å²) >= 11 is 6.41. The van der Waals surface area contributed by atoms with Crippen LogP contribution in [-0.4, -0.2) is 47.1 Å². The highest BCUT2D eigenvalue weighted by Crippen LogP contribution is 2.29. The molecule has 1 saturated heterocycles. The molecule has 2 heterocycles. The lowest BCUT2D eigenvalue weighted by molar-refractivity contribution is 0.0303. The van der Waals surface area contributed by atoms with Gasteiger partial charge in [0, 0.05) is 41.3 Å². The second kappa shape index (κ2) is 10.5. The smallest absolute Gasteiger partial charge is 0.254 e. The maximum absolute atomic E-state index is 12.6. The first-order chi connectivity index (χ1) is 16.0. The quantitative estimate of drug-likeness (QED) is 0.491. The Balaban J connectivity index is 1.50. The van der Waals surface area contributed by atoms with Gasteiger partial charge in [-0.2, -0.15) is 0 Å². The first-order valence-electron chi connectivity index (χ1n) is 10.9. The van der Waals surface area contributed by atoms with E-state index in [0.29, 0.717) is 48.5 Å². The normalized spacial score (nSPS) is 13.5. The number of nitrogens with one attached hydrogen (secondary N) is 2. The van der Waals surface area contributed by atoms with Crippen molar-refractivity contribution >= 4 is 34.8 Å². The van der Waals surface area contributed by atoms with Gasteiger partial charge in [0.25, 0.3) is 5.91 Å². The molecule has 0 aliphatic carbocycles. The van der Waals surface area contributed by atoms with Crippen molar-refractivity contribution < 1.29 is 9.53 Å². The van der Waals surface area contributed by atoms with Crippen LogP contribution >= 0.6 is 11.6 Å². The van der Waals surface area contributed by atoms with Gasteiger partial charge in [-0.3, -0.25) is 4.79 Å². The fraction of sp³-hybridized carbons (Fsp3) is 0.240. The number of halogens is 1. The molecular weight excluding hydrogens is 438 g/mol. The third kappa shape index (κ3) is 5.69. The number of anilines is 3. The SMILES string of the molecule is C=C(CC)Nc1cccc(-c2nc(Nc3ccc(C(=O)N4CCOCC4)cc3)ncc2Cl)c1. The highest BCUT2D eigenvalue weighted by atomic mass is 35.5. The fourth-order valence-electron chi connectivity index (χ4n) is 3.44. The van der Waals surface area contributed by atoms with Gasteiger partial charge >= 0.3 is 0 Å². The minimum absolute atomic E-state index is 0.00845. The van der Waals surface area contributed by atoms with Crippen molar-refractivity contribution in [2.24, 2.45) is 0 Å². The second-order valence-corrected chi connectivity index (χ2v) is 8.07. The number of nitrogens with zero attached hydrogens (tertiary/aromatic N) is 3. The van der Waals surface area contributed by atoms with E-state index in [1.165, 1.54) is 0 Å². The van der Waals surface area contributed by atoms with Crippen molar-refractivity contribution in [1.82, 2.24) is 14.9 Å². The van der Waals surface area contributed by atoms with E-state index in [9.17, 15) is 4.79 Å². The van der Waals surface area contributed by atoms with Crippen LogP contribution in [0.2, 0.25) is 5.02 Å². The summed E-state index contributed by atoms with van der Waals surface area (Å²) in [6.07, 6.45) is 2.41. The van der Waals surface area contributed by atoms with Gasteiger partial charge in [-0.25, -0.2) is 9.97 Å². The summed E-state index contributed by atoms with van der Waals surface area (Å²) < 4.78 is 5.32. The van der Waals surface area contributed by atoms with Crippen LogP contribution < -0.4 is 10.6 Å². The molecule has 1 fully saturated rings. The molecule has 1 aliphatic heterocycles. The Labute approximate surface area is 198 Å². The van der Waals surface area contributed by atoms with Crippen LogP contribution in [0.4, 0.5) is 17.3 Å². The van der Waals surface area contributed by atoms with E-state index in [-0.39, 0.29) is 5.91 Å². The average molecular weight is 464 g/mol. The van der Waals surface area contributed by atoms with Gasteiger partial charge in [-0.15, -0.1) is 0 Å². The number of morpholine rings is 1. The number of hydrogen-bond donors (Lipinski definition) is 2. The summed E-state index contributed by atoms with van der Waals surface area (Å²) in [7, 11) is 0. The van der Waals surface area contributed by atoms with E-state index < -0.39 is 0 Å². The molecule has 0 saturated carbocycles. The Morgan fingerprint density at radius 2 is 1.91 bits per heavy atom. The van der Waals surface area contributed by atoms with E-state index in [4.69, 9.17) is 16.3 Å². The molecule has 0 radical (unpaired) electrons. The number of allylic oxidation sites excluding steroid dienone is 1. The summed E-state index contributed by atoms with van der Waals surface area (Å²) in [5.41, 5.74) is 4.75. The number of benzene rings is 2. The van der Waals surface area contributed by atoms with E-state index in [0.717, 1.165) is 29.1 Å². The first-order valence-corrected chi connectivity index (χ1v) is 11.2. The molecule has 7 nitrogen and oxygen atoms in total. The van der Waals surface area contributed by atoms with Gasteiger partial charge < -0.3 is 20.3 Å². The average Bonchev–Trinajstić information content (AvgIpc) is 2.86. The zero-order valence-electron chi connectivity index (χ0n) is 18.5. The van der Waals surface area contributed by atoms with Crippen LogP contribution in [0.3, 0.4) is 0 Å². The minimum atomic E-state index is 0.00845. The molecule has 8 heteroatoms. The zero-order chi connectivity index (χ0) is 23.2. The molecule has 0 spiro atoms. The second-order valence-electron chi connectivity index (χ2n) is 7.66. The van der Waals surface area contributed by atoms with Crippen LogP contribution in [0.5, 0.6) is 0 Å². The van der Waals surface area contributed by atoms with Crippen LogP contribution in [0.25, 0.3) is 11.3 Å². The van der Waals surface area contributed by atoms with Crippen molar-refractivity contribution in [3.05, 3.63) is 77.6 Å². The molecular formula is C25H26ClN5O2. The van der Waals surface area contributed by atoms with Gasteiger partial charge in [0.15, 0.2) is 0 Å². The Morgan fingerprint density at radius 3 is 2.64 bits per heavy atom. The fourth-order valence-corrected chi connectivity index (χ4v) is 3.64. The first kappa shape index (κ1) is 22.8. The maximum atomic E-state index is 12.6. The standard InChI is InChI=1S/C25H26ClN5O2/c1-3-17(2)28-21-6-4-5-19(15-21)23-22(26)16-27-25(30-23)29-20-9-7-18(8-10-20)24(32)31-11-13-33-14-12-31/h4-10,15-16,28H,2-3,11-14H2,1H3,(H,27,29,30). The third-order valence-corrected chi connectivity index (χ3v) is 5.59. The summed E-state index contributed by atoms with van der Waals surface area (Å²) in [5, 5.41) is 6.92. The summed E-state index contributed by atoms with van der Waals surface area (Å²) in [4.78, 5) is 23.3. The lowest BCUT2D eigenvalue weighted by atomic mass is 10.1.